The number of rotatable bonds is 1. The maximum atomic E-state index is 5.77. The summed E-state index contributed by atoms with van der Waals surface area (Å²) in [7, 11) is 0. The quantitative estimate of drug-likeness (QED) is 0.739. The molecule has 0 bridgehead atoms. The zero-order valence-electron chi connectivity index (χ0n) is 7.21. The van der Waals surface area contributed by atoms with E-state index in [2.05, 4.69) is 9.97 Å². The molecule has 1 N–H and O–H groups in total. The van der Waals surface area contributed by atoms with Crippen LogP contribution in [0.15, 0.2) is 30.5 Å². The lowest BCUT2D eigenvalue weighted by molar-refractivity contribution is 1.26. The van der Waals surface area contributed by atoms with Crippen molar-refractivity contribution in [2.24, 2.45) is 0 Å². The first kappa shape index (κ1) is 8.32. The molecule has 0 amide bonds. The maximum absolute atomic E-state index is 5.77. The van der Waals surface area contributed by atoms with Crippen LogP contribution in [0.25, 0.3) is 11.4 Å². The molecule has 13 heavy (non-hydrogen) atoms. The van der Waals surface area contributed by atoms with Gasteiger partial charge in [0.1, 0.15) is 5.82 Å². The Hall–Kier alpha value is -1.28. The van der Waals surface area contributed by atoms with E-state index in [9.17, 15) is 0 Å². The molecule has 0 aliphatic carbocycles. The number of imidazole rings is 1. The lowest BCUT2D eigenvalue weighted by Crippen LogP contribution is -1.79. The van der Waals surface area contributed by atoms with Gasteiger partial charge in [-0.3, -0.25) is 0 Å². The molecule has 1 aromatic heterocycles. The molecule has 0 spiro atoms. The molecule has 0 saturated carbocycles. The summed E-state index contributed by atoms with van der Waals surface area (Å²) in [5.74, 6) is 0.883. The molecule has 1 heterocycles. The van der Waals surface area contributed by atoms with E-state index in [4.69, 9.17) is 11.6 Å². The monoisotopic (exact) mass is 192 g/mol. The number of aryl methyl sites for hydroxylation is 1. The van der Waals surface area contributed by atoms with Crippen LogP contribution in [-0.4, -0.2) is 9.97 Å². The summed E-state index contributed by atoms with van der Waals surface area (Å²) >= 11 is 5.77. The summed E-state index contributed by atoms with van der Waals surface area (Å²) < 4.78 is 0. The average Bonchev–Trinajstić information content (AvgIpc) is 2.53. The summed E-state index contributed by atoms with van der Waals surface area (Å²) in [5.41, 5.74) is 2.11. The van der Waals surface area contributed by atoms with Gasteiger partial charge in [-0.25, -0.2) is 4.98 Å². The van der Waals surface area contributed by atoms with Gasteiger partial charge in [0.2, 0.25) is 0 Å². The molecule has 0 radical (unpaired) electrons. The Morgan fingerprint density at radius 1 is 1.23 bits per heavy atom. The van der Waals surface area contributed by atoms with Gasteiger partial charge < -0.3 is 4.98 Å². The number of hydrogen-bond donors (Lipinski definition) is 1. The van der Waals surface area contributed by atoms with Crippen molar-refractivity contribution in [3.05, 3.63) is 41.2 Å². The van der Waals surface area contributed by atoms with E-state index in [1.165, 1.54) is 0 Å². The molecule has 2 rings (SSSR count). The minimum absolute atomic E-state index is 0.743. The number of hydrogen-bond acceptors (Lipinski definition) is 1. The van der Waals surface area contributed by atoms with Crippen molar-refractivity contribution >= 4 is 11.6 Å². The second-order valence-corrected chi connectivity index (χ2v) is 3.36. The highest BCUT2D eigenvalue weighted by Gasteiger charge is 1.99. The fraction of sp³-hybridized carbons (Fsp3) is 0.100. The van der Waals surface area contributed by atoms with Gasteiger partial charge in [-0.05, 0) is 31.2 Å². The van der Waals surface area contributed by atoms with Crippen molar-refractivity contribution in [3.8, 4) is 11.4 Å². The third kappa shape index (κ3) is 1.73. The number of aromatic nitrogens is 2. The van der Waals surface area contributed by atoms with Crippen molar-refractivity contribution in [2.75, 3.05) is 0 Å². The van der Waals surface area contributed by atoms with Crippen LogP contribution < -0.4 is 0 Å². The molecule has 2 aromatic rings. The van der Waals surface area contributed by atoms with Gasteiger partial charge in [-0.15, -0.1) is 0 Å². The van der Waals surface area contributed by atoms with Crippen LogP contribution in [-0.2, 0) is 0 Å². The molecular formula is C10H9ClN2. The zero-order valence-corrected chi connectivity index (χ0v) is 7.97. The van der Waals surface area contributed by atoms with Gasteiger partial charge in [0.05, 0.1) is 0 Å². The first-order valence-corrected chi connectivity index (χ1v) is 4.41. The fourth-order valence-electron chi connectivity index (χ4n) is 1.17. The van der Waals surface area contributed by atoms with Crippen molar-refractivity contribution in [1.29, 1.82) is 0 Å². The van der Waals surface area contributed by atoms with E-state index in [1.54, 1.807) is 0 Å². The van der Waals surface area contributed by atoms with Crippen molar-refractivity contribution in [3.63, 3.8) is 0 Å². The Morgan fingerprint density at radius 3 is 2.46 bits per heavy atom. The Bertz CT molecular complexity index is 403. The minimum atomic E-state index is 0.743. The summed E-state index contributed by atoms with van der Waals surface area (Å²) in [6, 6.07) is 7.60. The Morgan fingerprint density at radius 2 is 1.92 bits per heavy atom. The molecule has 2 nitrogen and oxygen atoms in total. The number of aromatic amines is 1. The highest BCUT2D eigenvalue weighted by atomic mass is 35.5. The second-order valence-electron chi connectivity index (χ2n) is 2.92. The van der Waals surface area contributed by atoms with E-state index < -0.39 is 0 Å². The summed E-state index contributed by atoms with van der Waals surface area (Å²) in [5, 5.41) is 0.743. The van der Waals surface area contributed by atoms with Crippen LogP contribution in [0.4, 0.5) is 0 Å². The smallest absolute Gasteiger partial charge is 0.137 e. The summed E-state index contributed by atoms with van der Waals surface area (Å²) in [4.78, 5) is 7.37. The maximum Gasteiger partial charge on any atom is 0.137 e. The highest BCUT2D eigenvalue weighted by Crippen LogP contribution is 2.18. The SMILES string of the molecule is Cc1cnc(-c2ccc(Cl)cc2)[nH]1. The van der Waals surface area contributed by atoms with Gasteiger partial charge in [-0.1, -0.05) is 11.6 Å². The number of H-pyrrole nitrogens is 1. The molecule has 1 aromatic carbocycles. The lowest BCUT2D eigenvalue weighted by Gasteiger charge is -1.95. The predicted octanol–water partition coefficient (Wildman–Crippen LogP) is 3.04. The van der Waals surface area contributed by atoms with E-state index >= 15 is 0 Å². The second kappa shape index (κ2) is 3.23. The van der Waals surface area contributed by atoms with Gasteiger partial charge in [0.25, 0.3) is 0 Å². The summed E-state index contributed by atoms with van der Waals surface area (Å²) in [6.45, 7) is 1.98. The van der Waals surface area contributed by atoms with Crippen molar-refractivity contribution in [2.45, 2.75) is 6.92 Å². The normalized spacial score (nSPS) is 10.3. The Balaban J connectivity index is 2.41. The van der Waals surface area contributed by atoms with Crippen LogP contribution in [0.3, 0.4) is 0 Å². The fourth-order valence-corrected chi connectivity index (χ4v) is 1.29. The summed E-state index contributed by atoms with van der Waals surface area (Å²) in [6.07, 6.45) is 1.81. The first-order valence-electron chi connectivity index (χ1n) is 4.03. The molecule has 0 atom stereocenters. The number of nitrogens with zero attached hydrogens (tertiary/aromatic N) is 1. The van der Waals surface area contributed by atoms with E-state index in [0.717, 1.165) is 22.1 Å². The molecular weight excluding hydrogens is 184 g/mol. The number of benzene rings is 1. The average molecular weight is 193 g/mol. The Labute approximate surface area is 81.6 Å². The molecule has 3 heteroatoms. The highest BCUT2D eigenvalue weighted by molar-refractivity contribution is 6.30. The van der Waals surface area contributed by atoms with Crippen LogP contribution in [0.2, 0.25) is 5.02 Å². The van der Waals surface area contributed by atoms with Crippen LogP contribution in [0.1, 0.15) is 5.69 Å². The van der Waals surface area contributed by atoms with E-state index in [-0.39, 0.29) is 0 Å². The standard InChI is InChI=1S/C10H9ClN2/c1-7-6-12-10(13-7)8-2-4-9(11)5-3-8/h2-6H,1H3,(H,12,13). The number of halogens is 1. The van der Waals surface area contributed by atoms with Gasteiger partial charge in [0, 0.05) is 22.5 Å². The van der Waals surface area contributed by atoms with Crippen molar-refractivity contribution in [1.82, 2.24) is 9.97 Å². The number of nitrogens with one attached hydrogen (secondary N) is 1. The minimum Gasteiger partial charge on any atom is -0.342 e. The van der Waals surface area contributed by atoms with Crippen LogP contribution in [0.5, 0.6) is 0 Å². The third-order valence-electron chi connectivity index (χ3n) is 1.82. The predicted molar refractivity (Wildman–Crippen MR) is 53.8 cm³/mol. The Kier molecular flexibility index (Phi) is 2.07. The largest absolute Gasteiger partial charge is 0.342 e. The van der Waals surface area contributed by atoms with Gasteiger partial charge >= 0.3 is 0 Å². The van der Waals surface area contributed by atoms with Crippen LogP contribution >= 0.6 is 11.6 Å². The molecule has 66 valence electrons. The topological polar surface area (TPSA) is 28.7 Å². The molecule has 0 aliphatic heterocycles. The van der Waals surface area contributed by atoms with Crippen LogP contribution in [0, 0.1) is 6.92 Å². The first-order chi connectivity index (χ1) is 6.25. The van der Waals surface area contributed by atoms with E-state index in [0.29, 0.717) is 0 Å². The lowest BCUT2D eigenvalue weighted by atomic mass is 10.2. The van der Waals surface area contributed by atoms with Gasteiger partial charge in [0.15, 0.2) is 0 Å². The molecule has 0 fully saturated rings. The zero-order chi connectivity index (χ0) is 9.26. The molecule has 0 aliphatic rings. The molecule has 0 saturated heterocycles. The van der Waals surface area contributed by atoms with E-state index in [1.807, 2.05) is 37.4 Å². The van der Waals surface area contributed by atoms with Crippen molar-refractivity contribution < 1.29 is 0 Å². The van der Waals surface area contributed by atoms with Gasteiger partial charge in [-0.2, -0.15) is 0 Å². The third-order valence-corrected chi connectivity index (χ3v) is 2.07. The molecule has 0 unspecified atom stereocenters.